The molecule has 0 atom stereocenters. The molecule has 8 nitrogen and oxygen atoms in total. The van der Waals surface area contributed by atoms with Crippen LogP contribution in [0.4, 0.5) is 11.5 Å². The molecular formula is C25H21ClN4O4. The second-order valence-corrected chi connectivity index (χ2v) is 8.10. The Hall–Kier alpha value is -3.91. The minimum atomic E-state index is 0.0424. The van der Waals surface area contributed by atoms with Crippen molar-refractivity contribution < 1.29 is 19.0 Å². The third-order valence-electron chi connectivity index (χ3n) is 5.41. The number of ketones is 1. The van der Waals surface area contributed by atoms with E-state index in [9.17, 15) is 4.79 Å². The summed E-state index contributed by atoms with van der Waals surface area (Å²) in [7, 11) is 1.57. The largest absolute Gasteiger partial charge is 0.493 e. The Morgan fingerprint density at radius 2 is 1.91 bits per heavy atom. The van der Waals surface area contributed by atoms with Crippen LogP contribution in [0.25, 0.3) is 10.9 Å². The fraction of sp³-hybridized carbons (Fsp3) is 0.200. The van der Waals surface area contributed by atoms with Crippen LogP contribution in [0.5, 0.6) is 17.2 Å². The summed E-state index contributed by atoms with van der Waals surface area (Å²) < 4.78 is 17.1. The van der Waals surface area contributed by atoms with Gasteiger partial charge in [0.05, 0.1) is 18.0 Å². The first kappa shape index (κ1) is 21.9. The van der Waals surface area contributed by atoms with Crippen LogP contribution in [0.15, 0.2) is 55.0 Å². The molecule has 1 N–H and O–H groups in total. The van der Waals surface area contributed by atoms with E-state index >= 15 is 0 Å². The zero-order valence-corrected chi connectivity index (χ0v) is 19.1. The molecule has 0 radical (unpaired) electrons. The lowest BCUT2D eigenvalue weighted by atomic mass is 10.0. The van der Waals surface area contributed by atoms with Crippen molar-refractivity contribution in [3.63, 3.8) is 0 Å². The Morgan fingerprint density at radius 1 is 1.06 bits per heavy atom. The van der Waals surface area contributed by atoms with Gasteiger partial charge in [-0.2, -0.15) is 0 Å². The van der Waals surface area contributed by atoms with Crippen LogP contribution in [-0.4, -0.2) is 41.1 Å². The fourth-order valence-electron chi connectivity index (χ4n) is 3.84. The summed E-state index contributed by atoms with van der Waals surface area (Å²) in [6.07, 6.45) is 3.63. The number of halogens is 1. The number of carbonyl (C=O) groups is 1. The summed E-state index contributed by atoms with van der Waals surface area (Å²) in [6.45, 7) is 0.845. The van der Waals surface area contributed by atoms with Crippen molar-refractivity contribution in [2.75, 3.05) is 25.6 Å². The van der Waals surface area contributed by atoms with Crippen LogP contribution < -0.4 is 19.5 Å². The normalized spacial score (nSPS) is 12.4. The van der Waals surface area contributed by atoms with Gasteiger partial charge in [0.2, 0.25) is 5.75 Å². The molecule has 9 heteroatoms. The van der Waals surface area contributed by atoms with Crippen LogP contribution >= 0.6 is 11.6 Å². The number of anilines is 2. The van der Waals surface area contributed by atoms with E-state index in [1.807, 2.05) is 30.3 Å². The number of hydrogen-bond donors (Lipinski definition) is 1. The second-order valence-electron chi connectivity index (χ2n) is 7.69. The van der Waals surface area contributed by atoms with Gasteiger partial charge in [-0.3, -0.25) is 9.78 Å². The third-order valence-corrected chi connectivity index (χ3v) is 5.76. The van der Waals surface area contributed by atoms with Gasteiger partial charge in [-0.25, -0.2) is 9.97 Å². The van der Waals surface area contributed by atoms with Gasteiger partial charge in [-0.15, -0.1) is 0 Å². The lowest BCUT2D eigenvalue weighted by Crippen LogP contribution is -2.16. The van der Waals surface area contributed by atoms with Crippen LogP contribution in [-0.2, 0) is 17.6 Å². The van der Waals surface area contributed by atoms with Crippen LogP contribution in [0.2, 0.25) is 5.02 Å². The number of nitrogens with zero attached hydrogens (tertiary/aromatic N) is 3. The van der Waals surface area contributed by atoms with Crippen molar-refractivity contribution in [2.24, 2.45) is 0 Å². The number of hydrogen-bond acceptors (Lipinski definition) is 8. The highest BCUT2D eigenvalue weighted by molar-refractivity contribution is 6.31. The highest BCUT2D eigenvalue weighted by Crippen LogP contribution is 2.46. The van der Waals surface area contributed by atoms with Crippen LogP contribution in [0, 0.1) is 0 Å². The van der Waals surface area contributed by atoms with Crippen molar-refractivity contribution in [3.8, 4) is 17.2 Å². The molecule has 34 heavy (non-hydrogen) atoms. The topological polar surface area (TPSA) is 95.5 Å². The minimum absolute atomic E-state index is 0.0424. The summed E-state index contributed by atoms with van der Waals surface area (Å²) in [5.41, 5.74) is 2.86. The van der Waals surface area contributed by atoms with Gasteiger partial charge < -0.3 is 19.5 Å². The van der Waals surface area contributed by atoms with Crippen molar-refractivity contribution in [1.29, 1.82) is 0 Å². The average molecular weight is 477 g/mol. The molecule has 0 fully saturated rings. The van der Waals surface area contributed by atoms with Crippen LogP contribution in [0.3, 0.4) is 0 Å². The number of nitrogens with one attached hydrogen (secondary N) is 1. The molecule has 3 heterocycles. The molecule has 0 saturated carbocycles. The van der Waals surface area contributed by atoms with Crippen molar-refractivity contribution >= 4 is 39.8 Å². The number of Topliss-reactive ketones (excluding diaryl/α,β-unsaturated/α-hetero) is 1. The van der Waals surface area contributed by atoms with Crippen molar-refractivity contribution in [2.45, 2.75) is 12.8 Å². The lowest BCUT2D eigenvalue weighted by molar-refractivity contribution is -0.117. The Labute approximate surface area is 200 Å². The first-order valence-electron chi connectivity index (χ1n) is 10.7. The monoisotopic (exact) mass is 476 g/mol. The fourth-order valence-corrected chi connectivity index (χ4v) is 4.09. The zero-order valence-electron chi connectivity index (χ0n) is 18.4. The molecule has 0 aliphatic carbocycles. The van der Waals surface area contributed by atoms with Crippen molar-refractivity contribution in [3.05, 3.63) is 71.3 Å². The van der Waals surface area contributed by atoms with E-state index in [1.54, 1.807) is 25.4 Å². The summed E-state index contributed by atoms with van der Waals surface area (Å²) in [5, 5.41) is 4.46. The number of fused-ring (bicyclic) bond motifs is 3. The van der Waals surface area contributed by atoms with Crippen molar-refractivity contribution in [1.82, 2.24) is 15.0 Å². The maximum Gasteiger partial charge on any atom is 0.204 e. The van der Waals surface area contributed by atoms with E-state index in [-0.39, 0.29) is 18.6 Å². The summed E-state index contributed by atoms with van der Waals surface area (Å²) in [4.78, 5) is 25.5. The smallest absolute Gasteiger partial charge is 0.204 e. The second kappa shape index (κ2) is 9.52. The average Bonchev–Trinajstić information content (AvgIpc) is 2.86. The third kappa shape index (κ3) is 4.45. The molecule has 5 rings (SSSR count). The van der Waals surface area contributed by atoms with Gasteiger partial charge in [0.1, 0.15) is 31.1 Å². The maximum absolute atomic E-state index is 12.5. The molecule has 0 bridgehead atoms. The molecule has 0 spiro atoms. The maximum atomic E-state index is 12.5. The van der Waals surface area contributed by atoms with Gasteiger partial charge in [0.25, 0.3) is 0 Å². The Kier molecular flexibility index (Phi) is 6.14. The van der Waals surface area contributed by atoms with E-state index < -0.39 is 0 Å². The Bertz CT molecular complexity index is 1360. The molecule has 4 aromatic rings. The Morgan fingerprint density at radius 3 is 2.68 bits per heavy atom. The predicted molar refractivity (Wildman–Crippen MR) is 128 cm³/mol. The van der Waals surface area contributed by atoms with Gasteiger partial charge in [0.15, 0.2) is 11.5 Å². The molecule has 1 aliphatic heterocycles. The molecular weight excluding hydrogens is 456 g/mol. The summed E-state index contributed by atoms with van der Waals surface area (Å²) in [5.74, 6) is 2.20. The van der Waals surface area contributed by atoms with E-state index in [0.717, 1.165) is 11.3 Å². The zero-order chi connectivity index (χ0) is 23.5. The van der Waals surface area contributed by atoms with Gasteiger partial charge in [0, 0.05) is 41.5 Å². The molecule has 172 valence electrons. The number of rotatable bonds is 7. The highest BCUT2D eigenvalue weighted by atomic mass is 35.5. The Balaban J connectivity index is 1.40. The quantitative estimate of drug-likeness (QED) is 0.415. The van der Waals surface area contributed by atoms with Gasteiger partial charge in [-0.1, -0.05) is 23.7 Å². The number of methoxy groups -OCH3 is 1. The number of aromatic nitrogens is 3. The molecule has 0 amide bonds. The standard InChI is InChI=1S/C25H21ClN4O4/c1-32-21-13-20-22(24-23(21)33-8-9-34-24)25(29-14-28-20)30-17-6-5-15(19(26)12-17)10-18(31)11-16-4-2-3-7-27-16/h2-7,12-14H,8-11H2,1H3,(H,28,29,30). The van der Waals surface area contributed by atoms with Crippen LogP contribution in [0.1, 0.15) is 11.3 Å². The SMILES string of the molecule is COc1cc2ncnc(Nc3ccc(CC(=O)Cc4ccccn4)c(Cl)c3)c2c2c1OCCO2. The van der Waals surface area contributed by atoms with E-state index in [1.165, 1.54) is 6.33 Å². The predicted octanol–water partition coefficient (Wildman–Crippen LogP) is 4.56. The summed E-state index contributed by atoms with van der Waals surface area (Å²) >= 11 is 6.51. The molecule has 1 aliphatic rings. The van der Waals surface area contributed by atoms with E-state index in [0.29, 0.717) is 57.9 Å². The van der Waals surface area contributed by atoms with Gasteiger partial charge >= 0.3 is 0 Å². The molecule has 0 saturated heterocycles. The number of benzene rings is 2. The molecule has 0 unspecified atom stereocenters. The number of pyridine rings is 1. The first-order valence-corrected chi connectivity index (χ1v) is 11.1. The lowest BCUT2D eigenvalue weighted by Gasteiger charge is -2.23. The highest BCUT2D eigenvalue weighted by Gasteiger charge is 2.24. The molecule has 2 aromatic heterocycles. The first-order chi connectivity index (χ1) is 16.6. The van der Waals surface area contributed by atoms with E-state index in [4.69, 9.17) is 25.8 Å². The number of ether oxygens (including phenoxy) is 3. The number of carbonyl (C=O) groups excluding carboxylic acids is 1. The molecule has 2 aromatic carbocycles. The summed E-state index contributed by atoms with van der Waals surface area (Å²) in [6, 6.07) is 12.8. The van der Waals surface area contributed by atoms with E-state index in [2.05, 4.69) is 20.3 Å². The van der Waals surface area contributed by atoms with Gasteiger partial charge in [-0.05, 0) is 29.8 Å². The minimum Gasteiger partial charge on any atom is -0.493 e.